The molecule has 27 heavy (non-hydrogen) atoms. The van der Waals surface area contributed by atoms with Crippen LogP contribution in [0.4, 0.5) is 0 Å². The molecule has 1 unspecified atom stereocenters. The van der Waals surface area contributed by atoms with E-state index in [1.54, 1.807) is 18.9 Å². The molecule has 0 saturated heterocycles. The van der Waals surface area contributed by atoms with Crippen LogP contribution in [0.1, 0.15) is 31.3 Å². The van der Waals surface area contributed by atoms with Crippen LogP contribution in [-0.4, -0.2) is 21.9 Å². The Morgan fingerprint density at radius 1 is 1.07 bits per heavy atom. The van der Waals surface area contributed by atoms with Gasteiger partial charge >= 0.3 is 0 Å². The summed E-state index contributed by atoms with van der Waals surface area (Å²) >= 11 is 7.87. The van der Waals surface area contributed by atoms with Gasteiger partial charge in [0.25, 0.3) is 0 Å². The lowest BCUT2D eigenvalue weighted by atomic mass is 10.2. The summed E-state index contributed by atoms with van der Waals surface area (Å²) in [5.74, 6) is 3.10. The zero-order valence-corrected chi connectivity index (χ0v) is 17.1. The van der Waals surface area contributed by atoms with Crippen LogP contribution in [-0.2, 0) is 12.3 Å². The average molecular weight is 404 g/mol. The number of hydrogen-bond acceptors (Lipinski definition) is 5. The van der Waals surface area contributed by atoms with Crippen molar-refractivity contribution in [3.8, 4) is 11.5 Å². The van der Waals surface area contributed by atoms with E-state index in [1.165, 1.54) is 0 Å². The molecule has 0 aliphatic carbocycles. The molecule has 1 heterocycles. The quantitative estimate of drug-likeness (QED) is 0.472. The fraction of sp³-hybridized carbons (Fsp3) is 0.300. The third-order valence-electron chi connectivity index (χ3n) is 4.11. The maximum atomic E-state index is 6.25. The van der Waals surface area contributed by atoms with Gasteiger partial charge in [0.05, 0.1) is 7.11 Å². The van der Waals surface area contributed by atoms with Crippen molar-refractivity contribution in [2.75, 3.05) is 7.11 Å². The standard InChI is InChI=1S/C20H22ClN3O2S/c1-4-24-19(14(2)26-17-11-9-16(25-3)10-12-17)22-23-20(24)27-13-15-7-5-6-8-18(15)21/h5-12,14H,4,13H2,1-3H3. The highest BCUT2D eigenvalue weighted by Crippen LogP contribution is 2.29. The van der Waals surface area contributed by atoms with Crippen LogP contribution < -0.4 is 9.47 Å². The van der Waals surface area contributed by atoms with E-state index in [0.29, 0.717) is 0 Å². The Bertz CT molecular complexity index is 883. The van der Waals surface area contributed by atoms with Crippen molar-refractivity contribution >= 4 is 23.4 Å². The summed E-state index contributed by atoms with van der Waals surface area (Å²) in [6.07, 6.45) is -0.222. The Kier molecular flexibility index (Phi) is 6.63. The SMILES string of the molecule is CCn1c(SCc2ccccc2Cl)nnc1C(C)Oc1ccc(OC)cc1. The van der Waals surface area contributed by atoms with Crippen molar-refractivity contribution in [1.82, 2.24) is 14.8 Å². The molecule has 0 radical (unpaired) electrons. The Hall–Kier alpha value is -2.18. The lowest BCUT2D eigenvalue weighted by Crippen LogP contribution is -2.12. The molecule has 0 fully saturated rings. The fourth-order valence-electron chi connectivity index (χ4n) is 2.67. The molecule has 2 aromatic carbocycles. The smallest absolute Gasteiger partial charge is 0.191 e. The van der Waals surface area contributed by atoms with Crippen LogP contribution in [0.2, 0.25) is 5.02 Å². The highest BCUT2D eigenvalue weighted by Gasteiger charge is 2.19. The van der Waals surface area contributed by atoms with Crippen LogP contribution in [0.25, 0.3) is 0 Å². The Balaban J connectivity index is 1.71. The Morgan fingerprint density at radius 3 is 2.44 bits per heavy atom. The zero-order valence-electron chi connectivity index (χ0n) is 15.6. The number of halogens is 1. The largest absolute Gasteiger partial charge is 0.497 e. The number of nitrogens with zero attached hydrogens (tertiary/aromatic N) is 3. The molecule has 142 valence electrons. The summed E-state index contributed by atoms with van der Waals surface area (Å²) < 4.78 is 13.3. The lowest BCUT2D eigenvalue weighted by molar-refractivity contribution is 0.209. The minimum atomic E-state index is -0.222. The first-order valence-electron chi connectivity index (χ1n) is 8.72. The van der Waals surface area contributed by atoms with Crippen molar-refractivity contribution in [2.45, 2.75) is 37.4 Å². The number of aromatic nitrogens is 3. The zero-order chi connectivity index (χ0) is 19.2. The topological polar surface area (TPSA) is 49.2 Å². The first-order chi connectivity index (χ1) is 13.1. The molecule has 0 N–H and O–H groups in total. The molecule has 3 aromatic rings. The highest BCUT2D eigenvalue weighted by atomic mass is 35.5. The number of rotatable bonds is 8. The molecule has 0 bridgehead atoms. The van der Waals surface area contributed by atoms with Crippen LogP contribution in [0, 0.1) is 0 Å². The lowest BCUT2D eigenvalue weighted by Gasteiger charge is -2.16. The number of thioether (sulfide) groups is 1. The van der Waals surface area contributed by atoms with E-state index in [0.717, 1.165) is 45.4 Å². The predicted octanol–water partition coefficient (Wildman–Crippen LogP) is 5.39. The molecule has 7 heteroatoms. The molecule has 0 aliphatic rings. The number of benzene rings is 2. The van der Waals surface area contributed by atoms with E-state index in [9.17, 15) is 0 Å². The van der Waals surface area contributed by atoms with E-state index < -0.39 is 0 Å². The summed E-state index contributed by atoms with van der Waals surface area (Å²) in [6.45, 7) is 4.82. The van der Waals surface area contributed by atoms with Gasteiger partial charge in [-0.25, -0.2) is 0 Å². The molecule has 0 saturated carbocycles. The fourth-order valence-corrected chi connectivity index (χ4v) is 3.97. The van der Waals surface area contributed by atoms with Gasteiger partial charge in [-0.05, 0) is 49.7 Å². The van der Waals surface area contributed by atoms with E-state index >= 15 is 0 Å². The minimum Gasteiger partial charge on any atom is -0.497 e. The van der Waals surface area contributed by atoms with Gasteiger partial charge in [0.15, 0.2) is 17.1 Å². The van der Waals surface area contributed by atoms with Crippen molar-refractivity contribution in [3.63, 3.8) is 0 Å². The molecule has 0 spiro atoms. The van der Waals surface area contributed by atoms with Gasteiger partial charge < -0.3 is 14.0 Å². The van der Waals surface area contributed by atoms with E-state index in [4.69, 9.17) is 21.1 Å². The van der Waals surface area contributed by atoms with Gasteiger partial charge in [0.1, 0.15) is 11.5 Å². The molecule has 3 rings (SSSR count). The molecular weight excluding hydrogens is 382 g/mol. The Morgan fingerprint density at radius 2 is 1.78 bits per heavy atom. The number of ether oxygens (including phenoxy) is 2. The maximum absolute atomic E-state index is 6.25. The third-order valence-corrected chi connectivity index (χ3v) is 5.50. The first kappa shape index (κ1) is 19.6. The van der Waals surface area contributed by atoms with Crippen LogP contribution >= 0.6 is 23.4 Å². The minimum absolute atomic E-state index is 0.222. The van der Waals surface area contributed by atoms with Crippen molar-refractivity contribution in [3.05, 3.63) is 64.9 Å². The number of methoxy groups -OCH3 is 1. The predicted molar refractivity (Wildman–Crippen MR) is 109 cm³/mol. The van der Waals surface area contributed by atoms with Crippen LogP contribution in [0.15, 0.2) is 53.7 Å². The van der Waals surface area contributed by atoms with Crippen molar-refractivity contribution in [1.29, 1.82) is 0 Å². The maximum Gasteiger partial charge on any atom is 0.191 e. The Labute approximate surface area is 168 Å². The van der Waals surface area contributed by atoms with Gasteiger partial charge in [0.2, 0.25) is 0 Å². The van der Waals surface area contributed by atoms with Gasteiger partial charge in [-0.3, -0.25) is 0 Å². The second-order valence-electron chi connectivity index (χ2n) is 5.90. The van der Waals surface area contributed by atoms with Gasteiger partial charge in [-0.2, -0.15) is 0 Å². The summed E-state index contributed by atoms with van der Waals surface area (Å²) in [5, 5.41) is 10.3. The van der Waals surface area contributed by atoms with Gasteiger partial charge in [-0.15, -0.1) is 10.2 Å². The van der Waals surface area contributed by atoms with Crippen LogP contribution in [0.5, 0.6) is 11.5 Å². The summed E-state index contributed by atoms with van der Waals surface area (Å²) in [4.78, 5) is 0. The average Bonchev–Trinajstić information content (AvgIpc) is 3.11. The first-order valence-corrected chi connectivity index (χ1v) is 10.1. The van der Waals surface area contributed by atoms with E-state index in [2.05, 4.69) is 21.7 Å². The third kappa shape index (κ3) is 4.76. The molecular formula is C20H22ClN3O2S. The summed E-state index contributed by atoms with van der Waals surface area (Å²) in [6, 6.07) is 15.4. The van der Waals surface area contributed by atoms with Crippen LogP contribution in [0.3, 0.4) is 0 Å². The molecule has 1 atom stereocenters. The van der Waals surface area contributed by atoms with Gasteiger partial charge in [0, 0.05) is 17.3 Å². The van der Waals surface area contributed by atoms with Crippen molar-refractivity contribution < 1.29 is 9.47 Å². The van der Waals surface area contributed by atoms with E-state index in [1.807, 2.05) is 55.5 Å². The van der Waals surface area contributed by atoms with Crippen molar-refractivity contribution in [2.24, 2.45) is 0 Å². The van der Waals surface area contributed by atoms with Gasteiger partial charge in [-0.1, -0.05) is 41.6 Å². The molecule has 0 aliphatic heterocycles. The normalized spacial score (nSPS) is 12.0. The molecule has 5 nitrogen and oxygen atoms in total. The summed E-state index contributed by atoms with van der Waals surface area (Å²) in [7, 11) is 1.64. The number of hydrogen-bond donors (Lipinski definition) is 0. The monoisotopic (exact) mass is 403 g/mol. The second kappa shape index (κ2) is 9.15. The molecule has 0 amide bonds. The van der Waals surface area contributed by atoms with E-state index in [-0.39, 0.29) is 6.10 Å². The molecule has 1 aromatic heterocycles. The second-order valence-corrected chi connectivity index (χ2v) is 7.25. The summed E-state index contributed by atoms with van der Waals surface area (Å²) in [5.41, 5.74) is 1.08. The highest BCUT2D eigenvalue weighted by molar-refractivity contribution is 7.98.